The molecule has 2 aliphatic heterocycles. The van der Waals surface area contributed by atoms with Crippen LogP contribution in [0.4, 0.5) is 4.79 Å². The molecule has 39 heavy (non-hydrogen) atoms. The summed E-state index contributed by atoms with van der Waals surface area (Å²) in [4.78, 5) is 29.3. The molecule has 2 amide bonds. The van der Waals surface area contributed by atoms with Crippen molar-refractivity contribution in [1.82, 2.24) is 30.0 Å². The Morgan fingerprint density at radius 2 is 2.08 bits per heavy atom. The number of carbonyl (C=O) groups is 2. The number of ether oxygens (including phenoxy) is 3. The fourth-order valence-electron chi connectivity index (χ4n) is 4.77. The molecular formula is C27H33ClN6O5. The molecule has 1 aromatic carbocycles. The Kier molecular flexibility index (Phi) is 7.81. The second-order valence-electron chi connectivity index (χ2n) is 10.6. The largest absolute Gasteiger partial charge is 0.490 e. The first kappa shape index (κ1) is 27.0. The quantitative estimate of drug-likeness (QED) is 0.422. The number of fused-ring (bicyclic) bond motifs is 2. The SMILES string of the molecule is CC(C)(C)OC(=O)NCCOc1cccc(-n2ncc3c2COC[C@H]3NC(=O)c2ncn3c2CCCC3)c1Cl. The van der Waals surface area contributed by atoms with E-state index in [2.05, 4.69) is 25.3 Å². The molecule has 0 bridgehead atoms. The van der Waals surface area contributed by atoms with Crippen molar-refractivity contribution in [1.29, 1.82) is 0 Å². The van der Waals surface area contributed by atoms with Gasteiger partial charge in [-0.05, 0) is 52.2 Å². The topological polar surface area (TPSA) is 122 Å². The Labute approximate surface area is 231 Å². The summed E-state index contributed by atoms with van der Waals surface area (Å²) in [5, 5.41) is 10.7. The van der Waals surface area contributed by atoms with E-state index >= 15 is 0 Å². The molecule has 2 aliphatic rings. The number of amides is 2. The summed E-state index contributed by atoms with van der Waals surface area (Å²) in [6.07, 6.45) is 5.97. The first-order chi connectivity index (χ1) is 18.7. The van der Waals surface area contributed by atoms with Crippen LogP contribution in [0.1, 0.15) is 67.1 Å². The Balaban J connectivity index is 1.27. The Hall–Kier alpha value is -3.57. The Morgan fingerprint density at radius 3 is 2.90 bits per heavy atom. The van der Waals surface area contributed by atoms with E-state index in [1.165, 1.54) is 0 Å². The van der Waals surface area contributed by atoms with E-state index in [0.717, 1.165) is 42.8 Å². The monoisotopic (exact) mass is 556 g/mol. The molecule has 0 radical (unpaired) electrons. The van der Waals surface area contributed by atoms with Crippen molar-refractivity contribution in [2.24, 2.45) is 0 Å². The average molecular weight is 557 g/mol. The van der Waals surface area contributed by atoms with E-state index in [0.29, 0.717) is 35.4 Å². The van der Waals surface area contributed by atoms with Gasteiger partial charge in [-0.2, -0.15) is 5.10 Å². The number of benzene rings is 1. The molecule has 0 saturated carbocycles. The maximum absolute atomic E-state index is 13.1. The van der Waals surface area contributed by atoms with Gasteiger partial charge < -0.3 is 29.4 Å². The number of hydrogen-bond acceptors (Lipinski definition) is 7. The molecule has 4 heterocycles. The van der Waals surface area contributed by atoms with Crippen LogP contribution in [0.2, 0.25) is 5.02 Å². The van der Waals surface area contributed by atoms with Crippen molar-refractivity contribution in [2.75, 3.05) is 19.8 Å². The summed E-state index contributed by atoms with van der Waals surface area (Å²) in [6.45, 7) is 7.41. The number of nitrogens with one attached hydrogen (secondary N) is 2. The molecule has 208 valence electrons. The maximum Gasteiger partial charge on any atom is 0.407 e. The van der Waals surface area contributed by atoms with Crippen LogP contribution in [0, 0.1) is 0 Å². The molecule has 11 nitrogen and oxygen atoms in total. The van der Waals surface area contributed by atoms with E-state index in [4.69, 9.17) is 25.8 Å². The van der Waals surface area contributed by atoms with E-state index in [1.54, 1.807) is 44.0 Å². The zero-order chi connectivity index (χ0) is 27.6. The lowest BCUT2D eigenvalue weighted by Gasteiger charge is -2.25. The molecule has 2 aromatic heterocycles. The summed E-state index contributed by atoms with van der Waals surface area (Å²) in [7, 11) is 0. The fraction of sp³-hybridized carbons (Fsp3) is 0.481. The van der Waals surface area contributed by atoms with Crippen LogP contribution in [0.3, 0.4) is 0 Å². The van der Waals surface area contributed by atoms with Gasteiger partial charge in [0, 0.05) is 12.1 Å². The van der Waals surface area contributed by atoms with E-state index in [1.807, 2.05) is 12.1 Å². The standard InChI is InChI=1S/C27H33ClN6O5/c1-27(2,3)39-26(36)29-10-12-38-22-9-6-8-19(23(22)28)34-21-15-37-14-18(17(21)13-31-34)32-25(35)24-20-7-4-5-11-33(20)16-30-24/h6,8-9,13,16,18H,4-5,7,10-12,14-15H2,1-3H3,(H,29,36)(H,32,35)/t18-/m1/s1. The summed E-state index contributed by atoms with van der Waals surface area (Å²) in [5.74, 6) is 0.240. The van der Waals surface area contributed by atoms with Crippen LogP contribution in [0.25, 0.3) is 5.69 Å². The minimum absolute atomic E-state index is 0.203. The lowest BCUT2D eigenvalue weighted by atomic mass is 10.0. The number of hydrogen-bond donors (Lipinski definition) is 2. The van der Waals surface area contributed by atoms with Gasteiger partial charge in [0.25, 0.3) is 5.91 Å². The highest BCUT2D eigenvalue weighted by Crippen LogP contribution is 2.34. The molecule has 0 unspecified atom stereocenters. The molecule has 2 N–H and O–H groups in total. The van der Waals surface area contributed by atoms with Crippen LogP contribution in [-0.4, -0.2) is 56.7 Å². The van der Waals surface area contributed by atoms with Gasteiger partial charge in [0.2, 0.25) is 0 Å². The minimum atomic E-state index is -0.574. The predicted octanol–water partition coefficient (Wildman–Crippen LogP) is 3.96. The first-order valence-electron chi connectivity index (χ1n) is 13.1. The zero-order valence-electron chi connectivity index (χ0n) is 22.3. The Bertz CT molecular complexity index is 1360. The number of carbonyl (C=O) groups excluding carboxylic acids is 2. The number of aromatic nitrogens is 4. The number of rotatable bonds is 7. The van der Waals surface area contributed by atoms with Crippen molar-refractivity contribution >= 4 is 23.6 Å². The average Bonchev–Trinajstić information content (AvgIpc) is 3.52. The van der Waals surface area contributed by atoms with Gasteiger partial charge in [0.1, 0.15) is 28.7 Å². The Morgan fingerprint density at radius 1 is 1.23 bits per heavy atom. The van der Waals surface area contributed by atoms with Crippen molar-refractivity contribution in [3.05, 3.63) is 58.4 Å². The van der Waals surface area contributed by atoms with Gasteiger partial charge in [-0.3, -0.25) is 4.79 Å². The molecule has 12 heteroatoms. The summed E-state index contributed by atoms with van der Waals surface area (Å²) in [6, 6.07) is 5.03. The summed E-state index contributed by atoms with van der Waals surface area (Å²) in [5.41, 5.74) is 3.17. The number of alkyl carbamates (subject to hydrolysis) is 1. The number of nitrogens with zero attached hydrogens (tertiary/aromatic N) is 4. The number of aryl methyl sites for hydroxylation is 1. The lowest BCUT2D eigenvalue weighted by molar-refractivity contribution is 0.0520. The molecular weight excluding hydrogens is 524 g/mol. The van der Waals surface area contributed by atoms with E-state index in [9.17, 15) is 9.59 Å². The smallest absolute Gasteiger partial charge is 0.407 e. The molecule has 5 rings (SSSR count). The second kappa shape index (κ2) is 11.3. The van der Waals surface area contributed by atoms with Gasteiger partial charge >= 0.3 is 6.09 Å². The van der Waals surface area contributed by atoms with Gasteiger partial charge in [-0.25, -0.2) is 14.5 Å². The van der Waals surface area contributed by atoms with Gasteiger partial charge in [0.05, 0.1) is 55.4 Å². The first-order valence-corrected chi connectivity index (χ1v) is 13.5. The molecule has 0 saturated heterocycles. The summed E-state index contributed by atoms with van der Waals surface area (Å²) >= 11 is 6.71. The fourth-order valence-corrected chi connectivity index (χ4v) is 5.03. The highest BCUT2D eigenvalue weighted by molar-refractivity contribution is 6.33. The molecule has 0 spiro atoms. The summed E-state index contributed by atoms with van der Waals surface area (Å²) < 4.78 is 20.7. The highest BCUT2D eigenvalue weighted by Gasteiger charge is 2.30. The third kappa shape index (κ3) is 6.04. The van der Waals surface area contributed by atoms with Gasteiger partial charge in [-0.15, -0.1) is 0 Å². The molecule has 0 aliphatic carbocycles. The maximum atomic E-state index is 13.1. The van der Waals surface area contributed by atoms with Crippen LogP contribution in [0.15, 0.2) is 30.7 Å². The third-order valence-corrected chi connectivity index (χ3v) is 6.91. The van der Waals surface area contributed by atoms with Crippen LogP contribution in [-0.2, 0) is 29.0 Å². The van der Waals surface area contributed by atoms with Crippen LogP contribution in [0.5, 0.6) is 5.75 Å². The highest BCUT2D eigenvalue weighted by atomic mass is 35.5. The van der Waals surface area contributed by atoms with Crippen molar-refractivity contribution < 1.29 is 23.8 Å². The molecule has 1 atom stereocenters. The van der Waals surface area contributed by atoms with Gasteiger partial charge in [-0.1, -0.05) is 17.7 Å². The lowest BCUT2D eigenvalue weighted by Crippen LogP contribution is -2.35. The van der Waals surface area contributed by atoms with Crippen molar-refractivity contribution in [3.8, 4) is 11.4 Å². The predicted molar refractivity (Wildman–Crippen MR) is 143 cm³/mol. The number of halogens is 1. The second-order valence-corrected chi connectivity index (χ2v) is 10.9. The van der Waals surface area contributed by atoms with Gasteiger partial charge in [0.15, 0.2) is 0 Å². The number of imidazole rings is 1. The third-order valence-electron chi connectivity index (χ3n) is 6.53. The normalized spacial score (nSPS) is 16.7. The van der Waals surface area contributed by atoms with Crippen molar-refractivity contribution in [3.63, 3.8) is 0 Å². The minimum Gasteiger partial charge on any atom is -0.490 e. The van der Waals surface area contributed by atoms with Crippen molar-refractivity contribution in [2.45, 2.75) is 64.8 Å². The van der Waals surface area contributed by atoms with E-state index < -0.39 is 11.7 Å². The van der Waals surface area contributed by atoms with E-state index in [-0.39, 0.29) is 25.1 Å². The van der Waals surface area contributed by atoms with Crippen LogP contribution >= 0.6 is 11.6 Å². The molecule has 3 aromatic rings. The molecule has 0 fully saturated rings. The zero-order valence-corrected chi connectivity index (χ0v) is 23.1. The van der Waals surface area contributed by atoms with Crippen LogP contribution < -0.4 is 15.4 Å².